The van der Waals surface area contributed by atoms with Crippen LogP contribution in [0.25, 0.3) is 10.9 Å². The van der Waals surface area contributed by atoms with E-state index in [2.05, 4.69) is 32.7 Å². The molecule has 0 spiro atoms. The number of rotatable bonds is 1. The number of pyridine rings is 1. The summed E-state index contributed by atoms with van der Waals surface area (Å²) in [7, 11) is 0. The third-order valence-electron chi connectivity index (χ3n) is 3.62. The Morgan fingerprint density at radius 2 is 2.35 bits per heavy atom. The number of nitrogens with zero attached hydrogens (tertiary/aromatic N) is 4. The van der Waals surface area contributed by atoms with E-state index in [0.717, 1.165) is 27.4 Å². The fourth-order valence-electron chi connectivity index (χ4n) is 2.67. The smallest absolute Gasteiger partial charge is 0.407 e. The van der Waals surface area contributed by atoms with Crippen LogP contribution < -0.4 is 5.73 Å². The minimum absolute atomic E-state index is 0.0488. The number of carbonyl (C=O) groups is 1. The van der Waals surface area contributed by atoms with Crippen molar-refractivity contribution in [2.75, 3.05) is 18.8 Å². The molecule has 2 aromatic heterocycles. The summed E-state index contributed by atoms with van der Waals surface area (Å²) in [6.07, 6.45) is 2.54. The van der Waals surface area contributed by atoms with Gasteiger partial charge in [-0.3, -0.25) is 4.68 Å². The summed E-state index contributed by atoms with van der Waals surface area (Å²) in [5, 5.41) is 14.5. The van der Waals surface area contributed by atoms with Gasteiger partial charge in [-0.15, -0.1) is 0 Å². The van der Waals surface area contributed by atoms with E-state index in [1.165, 1.54) is 4.90 Å². The van der Waals surface area contributed by atoms with Crippen LogP contribution in [0.2, 0.25) is 0 Å². The van der Waals surface area contributed by atoms with Crippen molar-refractivity contribution in [1.82, 2.24) is 19.7 Å². The molecule has 0 aliphatic carbocycles. The van der Waals surface area contributed by atoms with E-state index in [0.29, 0.717) is 18.9 Å². The topological polar surface area (TPSA) is 97.3 Å². The standard InChI is InChI=1S/C12H14IN5O2/c13-10-9-8(3-4-15-11(9)14)18(16-10)7-2-1-5-17(6-7)12(19)20/h3-4,7H,1-2,5-6H2,(H2,14,15)(H,19,20)/t7-/m1/s1. The van der Waals surface area contributed by atoms with Gasteiger partial charge in [0.2, 0.25) is 0 Å². The second-order valence-corrected chi connectivity index (χ2v) is 5.87. The molecule has 8 heteroatoms. The highest BCUT2D eigenvalue weighted by Gasteiger charge is 2.27. The van der Waals surface area contributed by atoms with Gasteiger partial charge in [-0.2, -0.15) is 5.10 Å². The zero-order valence-corrected chi connectivity index (χ0v) is 12.8. The molecule has 20 heavy (non-hydrogen) atoms. The highest BCUT2D eigenvalue weighted by Crippen LogP contribution is 2.30. The lowest BCUT2D eigenvalue weighted by atomic mass is 10.1. The number of hydrogen-bond acceptors (Lipinski definition) is 4. The third kappa shape index (κ3) is 2.17. The van der Waals surface area contributed by atoms with Crippen LogP contribution in [0.3, 0.4) is 0 Å². The molecule has 3 N–H and O–H groups in total. The molecule has 1 saturated heterocycles. The Balaban J connectivity index is 2.02. The molecule has 0 bridgehead atoms. The first-order valence-corrected chi connectivity index (χ1v) is 7.42. The van der Waals surface area contributed by atoms with Crippen LogP contribution in [-0.2, 0) is 0 Å². The number of nitrogens with two attached hydrogens (primary N) is 1. The quantitative estimate of drug-likeness (QED) is 0.729. The number of halogens is 1. The monoisotopic (exact) mass is 387 g/mol. The van der Waals surface area contributed by atoms with Crippen LogP contribution >= 0.6 is 22.6 Å². The SMILES string of the molecule is Nc1nccc2c1c(I)nn2[C@@H]1CCCN(C(=O)O)C1. The van der Waals surface area contributed by atoms with Crippen molar-refractivity contribution in [3.05, 3.63) is 16.0 Å². The molecule has 1 aliphatic rings. The number of hydrogen-bond donors (Lipinski definition) is 2. The van der Waals surface area contributed by atoms with Gasteiger partial charge >= 0.3 is 6.09 Å². The van der Waals surface area contributed by atoms with Crippen LogP contribution in [-0.4, -0.2) is 44.0 Å². The average Bonchev–Trinajstić information content (AvgIpc) is 2.78. The maximum absolute atomic E-state index is 11.1. The number of aromatic nitrogens is 3. The summed E-state index contributed by atoms with van der Waals surface area (Å²) >= 11 is 2.14. The number of piperidine rings is 1. The molecule has 0 aromatic carbocycles. The number of fused-ring (bicyclic) bond motifs is 1. The molecule has 0 radical (unpaired) electrons. The number of nitrogen functional groups attached to an aromatic ring is 1. The first-order valence-electron chi connectivity index (χ1n) is 6.34. The summed E-state index contributed by atoms with van der Waals surface area (Å²) in [6, 6.07) is 1.92. The number of amides is 1. The maximum Gasteiger partial charge on any atom is 0.407 e. The van der Waals surface area contributed by atoms with Gasteiger partial charge in [0.05, 0.1) is 16.9 Å². The van der Waals surface area contributed by atoms with Crippen molar-refractivity contribution in [2.45, 2.75) is 18.9 Å². The van der Waals surface area contributed by atoms with E-state index in [4.69, 9.17) is 10.8 Å². The fraction of sp³-hybridized carbons (Fsp3) is 0.417. The molecule has 0 unspecified atom stereocenters. The Kier molecular flexibility index (Phi) is 3.40. The van der Waals surface area contributed by atoms with Crippen molar-refractivity contribution >= 4 is 45.4 Å². The molecule has 1 atom stereocenters. The lowest BCUT2D eigenvalue weighted by molar-refractivity contribution is 0.120. The maximum atomic E-state index is 11.1. The predicted molar refractivity (Wildman–Crippen MR) is 82.5 cm³/mol. The van der Waals surface area contributed by atoms with Crippen LogP contribution in [0.5, 0.6) is 0 Å². The average molecular weight is 387 g/mol. The molecule has 1 aliphatic heterocycles. The summed E-state index contributed by atoms with van der Waals surface area (Å²) in [5.41, 5.74) is 6.82. The lowest BCUT2D eigenvalue weighted by Crippen LogP contribution is -2.40. The molecule has 1 fully saturated rings. The normalized spacial score (nSPS) is 19.4. The van der Waals surface area contributed by atoms with Gasteiger partial charge in [0.25, 0.3) is 0 Å². The van der Waals surface area contributed by atoms with Crippen molar-refractivity contribution in [2.24, 2.45) is 0 Å². The van der Waals surface area contributed by atoms with Gasteiger partial charge in [-0.25, -0.2) is 9.78 Å². The van der Waals surface area contributed by atoms with E-state index in [9.17, 15) is 4.79 Å². The van der Waals surface area contributed by atoms with Crippen LogP contribution in [0.4, 0.5) is 10.6 Å². The van der Waals surface area contributed by atoms with Gasteiger partial charge in [0.1, 0.15) is 9.52 Å². The second-order valence-electron chi connectivity index (χ2n) is 4.85. The number of likely N-dealkylation sites (tertiary alicyclic amines) is 1. The van der Waals surface area contributed by atoms with Gasteiger partial charge in [-0.1, -0.05) is 0 Å². The highest BCUT2D eigenvalue weighted by molar-refractivity contribution is 14.1. The summed E-state index contributed by atoms with van der Waals surface area (Å²) in [5.74, 6) is 0.462. The van der Waals surface area contributed by atoms with E-state index >= 15 is 0 Å². The molecule has 7 nitrogen and oxygen atoms in total. The molecular weight excluding hydrogens is 373 g/mol. The van der Waals surface area contributed by atoms with Crippen molar-refractivity contribution in [1.29, 1.82) is 0 Å². The Labute approximate surface area is 128 Å². The van der Waals surface area contributed by atoms with Crippen LogP contribution in [0, 0.1) is 3.70 Å². The van der Waals surface area contributed by atoms with Crippen molar-refractivity contribution in [3.63, 3.8) is 0 Å². The third-order valence-corrected chi connectivity index (χ3v) is 4.37. The minimum Gasteiger partial charge on any atom is -0.465 e. The number of carboxylic acid groups (broad SMARTS) is 1. The molecular formula is C12H14IN5O2. The summed E-state index contributed by atoms with van der Waals surface area (Å²) in [6.45, 7) is 1.05. The largest absolute Gasteiger partial charge is 0.465 e. The Morgan fingerprint density at radius 3 is 3.10 bits per heavy atom. The minimum atomic E-state index is -0.873. The highest BCUT2D eigenvalue weighted by atomic mass is 127. The zero-order valence-electron chi connectivity index (χ0n) is 10.7. The van der Waals surface area contributed by atoms with Crippen molar-refractivity contribution in [3.8, 4) is 0 Å². The van der Waals surface area contributed by atoms with E-state index in [1.54, 1.807) is 6.20 Å². The van der Waals surface area contributed by atoms with Crippen LogP contribution in [0.15, 0.2) is 12.3 Å². The molecule has 3 heterocycles. The Morgan fingerprint density at radius 1 is 1.55 bits per heavy atom. The lowest BCUT2D eigenvalue weighted by Gasteiger charge is -2.31. The first kappa shape index (κ1) is 13.4. The Hall–Kier alpha value is -1.58. The molecule has 2 aromatic rings. The first-order chi connectivity index (χ1) is 9.58. The van der Waals surface area contributed by atoms with Crippen molar-refractivity contribution < 1.29 is 9.90 Å². The summed E-state index contributed by atoms with van der Waals surface area (Å²) < 4.78 is 2.69. The van der Waals surface area contributed by atoms with E-state index < -0.39 is 6.09 Å². The van der Waals surface area contributed by atoms with Crippen LogP contribution in [0.1, 0.15) is 18.9 Å². The van der Waals surface area contributed by atoms with E-state index in [1.807, 2.05) is 10.7 Å². The molecule has 1 amide bonds. The predicted octanol–water partition coefficient (Wildman–Crippen LogP) is 1.93. The molecule has 106 valence electrons. The van der Waals surface area contributed by atoms with Gasteiger partial charge in [-0.05, 0) is 41.5 Å². The zero-order chi connectivity index (χ0) is 14.3. The number of anilines is 1. The Bertz CT molecular complexity index is 671. The van der Waals surface area contributed by atoms with Gasteiger partial charge in [0.15, 0.2) is 0 Å². The summed E-state index contributed by atoms with van der Waals surface area (Å²) in [4.78, 5) is 16.6. The molecule has 3 rings (SSSR count). The van der Waals surface area contributed by atoms with E-state index in [-0.39, 0.29) is 6.04 Å². The van der Waals surface area contributed by atoms with Gasteiger partial charge < -0.3 is 15.7 Å². The van der Waals surface area contributed by atoms with Gasteiger partial charge in [0, 0.05) is 19.3 Å². The second kappa shape index (κ2) is 5.08. The molecule has 0 saturated carbocycles. The fourth-order valence-corrected chi connectivity index (χ4v) is 3.46.